The Balaban J connectivity index is 2.46. The lowest BCUT2D eigenvalue weighted by Crippen LogP contribution is -2.12. The van der Waals surface area contributed by atoms with Crippen LogP contribution in [0.2, 0.25) is 0 Å². The van der Waals surface area contributed by atoms with Crippen molar-refractivity contribution in [2.45, 2.75) is 34.2 Å². The molecule has 96 valence electrons. The summed E-state index contributed by atoms with van der Waals surface area (Å²) in [6.45, 7) is 10.1. The summed E-state index contributed by atoms with van der Waals surface area (Å²) in [6, 6.07) is 4.36. The molecule has 3 heteroatoms. The summed E-state index contributed by atoms with van der Waals surface area (Å²) in [7, 11) is 0. The fourth-order valence-corrected chi connectivity index (χ4v) is 2.38. The minimum Gasteiger partial charge on any atom is -0.443 e. The zero-order valence-electron chi connectivity index (χ0n) is 11.5. The molecule has 0 fully saturated rings. The second kappa shape index (κ2) is 5.36. The molecule has 1 N–H and O–H groups in total. The minimum atomic E-state index is 0.745. The van der Waals surface area contributed by atoms with E-state index >= 15 is 0 Å². The van der Waals surface area contributed by atoms with Crippen LogP contribution in [0.4, 0.5) is 0 Å². The zero-order valence-corrected chi connectivity index (χ0v) is 11.5. The maximum atomic E-state index is 5.60. The van der Waals surface area contributed by atoms with Gasteiger partial charge in [0.05, 0.1) is 0 Å². The van der Waals surface area contributed by atoms with Crippen molar-refractivity contribution in [3.8, 4) is 11.3 Å². The van der Waals surface area contributed by atoms with Crippen molar-refractivity contribution in [1.29, 1.82) is 0 Å². The molecule has 2 rings (SSSR count). The molecule has 0 bridgehead atoms. The third-order valence-corrected chi connectivity index (χ3v) is 3.09. The average molecular weight is 244 g/mol. The molecule has 3 nitrogen and oxygen atoms in total. The van der Waals surface area contributed by atoms with Crippen LogP contribution in [-0.4, -0.2) is 11.5 Å². The smallest absolute Gasteiger partial charge is 0.181 e. The lowest BCUT2D eigenvalue weighted by atomic mass is 9.97. The van der Waals surface area contributed by atoms with Crippen molar-refractivity contribution in [3.05, 3.63) is 40.9 Å². The standard InChI is InChI=1S/C15H20N2O/c1-5-16-8-13-15(18-9-17-13)14-11(3)6-10(2)7-12(14)4/h6-7,9,16H,5,8H2,1-4H3. The largest absolute Gasteiger partial charge is 0.443 e. The Morgan fingerprint density at radius 1 is 1.17 bits per heavy atom. The Hall–Kier alpha value is -1.61. The maximum Gasteiger partial charge on any atom is 0.181 e. The number of hydrogen-bond acceptors (Lipinski definition) is 3. The van der Waals surface area contributed by atoms with E-state index in [1.165, 1.54) is 28.6 Å². The number of oxazole rings is 1. The van der Waals surface area contributed by atoms with Crippen LogP contribution in [0, 0.1) is 20.8 Å². The van der Waals surface area contributed by atoms with Crippen molar-refractivity contribution >= 4 is 0 Å². The van der Waals surface area contributed by atoms with Crippen molar-refractivity contribution < 1.29 is 4.42 Å². The van der Waals surface area contributed by atoms with Crippen LogP contribution in [0.15, 0.2) is 22.9 Å². The molecule has 0 atom stereocenters. The minimum absolute atomic E-state index is 0.745. The van der Waals surface area contributed by atoms with Gasteiger partial charge in [-0.05, 0) is 38.4 Å². The van der Waals surface area contributed by atoms with Crippen LogP contribution in [0.1, 0.15) is 29.3 Å². The highest BCUT2D eigenvalue weighted by molar-refractivity contribution is 5.68. The topological polar surface area (TPSA) is 38.1 Å². The maximum absolute atomic E-state index is 5.60. The number of aromatic nitrogens is 1. The van der Waals surface area contributed by atoms with E-state index in [1.807, 2.05) is 0 Å². The summed E-state index contributed by atoms with van der Waals surface area (Å²) in [5.41, 5.74) is 5.91. The summed E-state index contributed by atoms with van der Waals surface area (Å²) in [6.07, 6.45) is 1.53. The molecule has 18 heavy (non-hydrogen) atoms. The van der Waals surface area contributed by atoms with Crippen molar-refractivity contribution in [3.63, 3.8) is 0 Å². The summed E-state index contributed by atoms with van der Waals surface area (Å²) in [5, 5.41) is 3.29. The quantitative estimate of drug-likeness (QED) is 0.896. The predicted octanol–water partition coefficient (Wildman–Crippen LogP) is 3.38. The second-order valence-electron chi connectivity index (χ2n) is 4.68. The molecule has 0 saturated heterocycles. The number of benzene rings is 1. The molecule has 0 saturated carbocycles. The highest BCUT2D eigenvalue weighted by atomic mass is 16.3. The summed E-state index contributed by atoms with van der Waals surface area (Å²) in [5.74, 6) is 0.894. The molecule has 0 aliphatic heterocycles. The molecular formula is C15H20N2O. The van der Waals surface area contributed by atoms with Crippen LogP contribution in [0.3, 0.4) is 0 Å². The van der Waals surface area contributed by atoms with Crippen LogP contribution in [-0.2, 0) is 6.54 Å². The fraction of sp³-hybridized carbons (Fsp3) is 0.400. The van der Waals surface area contributed by atoms with Crippen LogP contribution in [0.25, 0.3) is 11.3 Å². The molecular weight excluding hydrogens is 224 g/mol. The number of nitrogens with one attached hydrogen (secondary N) is 1. The SMILES string of the molecule is CCNCc1ncoc1-c1c(C)cc(C)cc1C. The average Bonchev–Trinajstić information content (AvgIpc) is 2.73. The van der Waals surface area contributed by atoms with Gasteiger partial charge in [-0.3, -0.25) is 0 Å². The molecule has 0 unspecified atom stereocenters. The van der Waals surface area contributed by atoms with Crippen molar-refractivity contribution in [2.24, 2.45) is 0 Å². The first-order valence-electron chi connectivity index (χ1n) is 6.34. The van der Waals surface area contributed by atoms with E-state index in [0.717, 1.165) is 24.5 Å². The molecule has 0 aliphatic rings. The second-order valence-corrected chi connectivity index (χ2v) is 4.68. The van der Waals surface area contributed by atoms with E-state index in [0.29, 0.717) is 0 Å². The fourth-order valence-electron chi connectivity index (χ4n) is 2.38. The normalized spacial score (nSPS) is 10.9. The molecule has 1 aromatic carbocycles. The molecule has 0 amide bonds. The molecule has 0 radical (unpaired) electrons. The van der Waals surface area contributed by atoms with E-state index < -0.39 is 0 Å². The van der Waals surface area contributed by atoms with Gasteiger partial charge in [0.1, 0.15) is 5.69 Å². The first-order chi connectivity index (χ1) is 8.63. The van der Waals surface area contributed by atoms with Gasteiger partial charge >= 0.3 is 0 Å². The molecule has 0 spiro atoms. The van der Waals surface area contributed by atoms with Crippen LogP contribution < -0.4 is 5.32 Å². The number of hydrogen-bond donors (Lipinski definition) is 1. The van der Waals surface area contributed by atoms with Gasteiger partial charge in [-0.2, -0.15) is 0 Å². The molecule has 1 aromatic heterocycles. The van der Waals surface area contributed by atoms with Gasteiger partial charge in [0.2, 0.25) is 0 Å². The lowest BCUT2D eigenvalue weighted by molar-refractivity contribution is 0.569. The van der Waals surface area contributed by atoms with Gasteiger partial charge in [-0.25, -0.2) is 4.98 Å². The Bertz CT molecular complexity index is 520. The number of aryl methyl sites for hydroxylation is 3. The Morgan fingerprint density at radius 2 is 1.83 bits per heavy atom. The zero-order chi connectivity index (χ0) is 13.1. The van der Waals surface area contributed by atoms with Crippen molar-refractivity contribution in [2.75, 3.05) is 6.54 Å². The van der Waals surface area contributed by atoms with Gasteiger partial charge in [-0.1, -0.05) is 24.6 Å². The number of nitrogens with zero attached hydrogens (tertiary/aromatic N) is 1. The summed E-state index contributed by atoms with van der Waals surface area (Å²) < 4.78 is 5.60. The summed E-state index contributed by atoms with van der Waals surface area (Å²) >= 11 is 0. The Kier molecular flexibility index (Phi) is 3.82. The number of rotatable bonds is 4. The van der Waals surface area contributed by atoms with Gasteiger partial charge in [0, 0.05) is 12.1 Å². The van der Waals surface area contributed by atoms with E-state index in [1.54, 1.807) is 0 Å². The van der Waals surface area contributed by atoms with Crippen LogP contribution in [0.5, 0.6) is 0 Å². The van der Waals surface area contributed by atoms with E-state index in [4.69, 9.17) is 4.42 Å². The highest BCUT2D eigenvalue weighted by Crippen LogP contribution is 2.30. The van der Waals surface area contributed by atoms with E-state index in [2.05, 4.69) is 50.1 Å². The predicted molar refractivity (Wildman–Crippen MR) is 73.5 cm³/mol. The van der Waals surface area contributed by atoms with Gasteiger partial charge in [-0.15, -0.1) is 0 Å². The first kappa shape index (κ1) is 12.8. The van der Waals surface area contributed by atoms with Gasteiger partial charge < -0.3 is 9.73 Å². The molecule has 1 heterocycles. The first-order valence-corrected chi connectivity index (χ1v) is 6.34. The van der Waals surface area contributed by atoms with E-state index in [-0.39, 0.29) is 0 Å². The van der Waals surface area contributed by atoms with Gasteiger partial charge in [0.15, 0.2) is 12.2 Å². The Labute approximate surface area is 108 Å². The highest BCUT2D eigenvalue weighted by Gasteiger charge is 2.15. The molecule has 2 aromatic rings. The third kappa shape index (κ3) is 2.46. The Morgan fingerprint density at radius 3 is 2.44 bits per heavy atom. The van der Waals surface area contributed by atoms with Crippen LogP contribution >= 0.6 is 0 Å². The van der Waals surface area contributed by atoms with Gasteiger partial charge in [0.25, 0.3) is 0 Å². The summed E-state index contributed by atoms with van der Waals surface area (Å²) in [4.78, 5) is 4.31. The van der Waals surface area contributed by atoms with E-state index in [9.17, 15) is 0 Å². The third-order valence-electron chi connectivity index (χ3n) is 3.09. The molecule has 0 aliphatic carbocycles. The van der Waals surface area contributed by atoms with Crippen molar-refractivity contribution in [1.82, 2.24) is 10.3 Å². The monoisotopic (exact) mass is 244 g/mol. The lowest BCUT2D eigenvalue weighted by Gasteiger charge is -2.10.